The van der Waals surface area contributed by atoms with Gasteiger partial charge in [-0.25, -0.2) is 10.8 Å². The molecule has 0 amide bonds. The molecule has 3 nitrogen and oxygen atoms in total. The number of hydrogen-bond acceptors (Lipinski definition) is 3. The lowest BCUT2D eigenvalue weighted by Crippen LogP contribution is -2.08. The Hall–Kier alpha value is -1.09. The average molecular weight is 137 g/mol. The van der Waals surface area contributed by atoms with Crippen molar-refractivity contribution in [2.45, 2.75) is 13.8 Å². The number of nitrogens with zero attached hydrogens (tertiary/aromatic N) is 1. The molecule has 1 heterocycles. The summed E-state index contributed by atoms with van der Waals surface area (Å²) >= 11 is 0. The van der Waals surface area contributed by atoms with Crippen molar-refractivity contribution in [2.24, 2.45) is 5.84 Å². The number of anilines is 1. The molecule has 0 spiro atoms. The largest absolute Gasteiger partial charge is 0.308 e. The van der Waals surface area contributed by atoms with Crippen LogP contribution in [0.25, 0.3) is 0 Å². The summed E-state index contributed by atoms with van der Waals surface area (Å²) in [6, 6.07) is 3.90. The van der Waals surface area contributed by atoms with Crippen molar-refractivity contribution in [3.05, 3.63) is 23.4 Å². The van der Waals surface area contributed by atoms with Crippen LogP contribution in [0.3, 0.4) is 0 Å². The van der Waals surface area contributed by atoms with Gasteiger partial charge in [0.1, 0.15) is 5.82 Å². The molecule has 0 unspecified atom stereocenters. The van der Waals surface area contributed by atoms with Crippen molar-refractivity contribution in [3.8, 4) is 0 Å². The summed E-state index contributed by atoms with van der Waals surface area (Å²) in [5.41, 5.74) is 4.64. The van der Waals surface area contributed by atoms with Gasteiger partial charge in [0.25, 0.3) is 0 Å². The van der Waals surface area contributed by atoms with Gasteiger partial charge in [-0.2, -0.15) is 0 Å². The van der Waals surface area contributed by atoms with Crippen molar-refractivity contribution in [1.82, 2.24) is 4.98 Å². The highest BCUT2D eigenvalue weighted by Gasteiger charge is 1.92. The molecule has 0 saturated carbocycles. The highest BCUT2D eigenvalue weighted by atomic mass is 15.2. The summed E-state index contributed by atoms with van der Waals surface area (Å²) < 4.78 is 0. The molecular weight excluding hydrogens is 126 g/mol. The normalized spacial score (nSPS) is 9.50. The second kappa shape index (κ2) is 2.66. The quantitative estimate of drug-likeness (QED) is 0.448. The van der Waals surface area contributed by atoms with Crippen LogP contribution in [0.5, 0.6) is 0 Å². The van der Waals surface area contributed by atoms with E-state index < -0.39 is 0 Å². The van der Waals surface area contributed by atoms with E-state index in [2.05, 4.69) is 10.4 Å². The molecule has 0 aliphatic carbocycles. The molecule has 0 aromatic carbocycles. The molecule has 3 N–H and O–H groups in total. The minimum Gasteiger partial charge on any atom is -0.308 e. The molecule has 0 bridgehead atoms. The Bertz CT molecular complexity index is 212. The van der Waals surface area contributed by atoms with Crippen LogP contribution in [-0.2, 0) is 0 Å². The number of aromatic nitrogens is 1. The second-order valence-electron chi connectivity index (χ2n) is 2.32. The van der Waals surface area contributed by atoms with E-state index in [1.807, 2.05) is 26.0 Å². The lowest BCUT2D eigenvalue weighted by atomic mass is 10.2. The predicted molar refractivity (Wildman–Crippen MR) is 41.5 cm³/mol. The molecule has 0 saturated heterocycles. The van der Waals surface area contributed by atoms with Gasteiger partial charge < -0.3 is 5.43 Å². The van der Waals surface area contributed by atoms with Gasteiger partial charge >= 0.3 is 0 Å². The van der Waals surface area contributed by atoms with Gasteiger partial charge in [-0.3, -0.25) is 0 Å². The van der Waals surface area contributed by atoms with Crippen LogP contribution in [0.2, 0.25) is 0 Å². The SMILES string of the molecule is Cc1cc(C)nc(NN)c1. The Morgan fingerprint density at radius 3 is 2.60 bits per heavy atom. The molecule has 0 fully saturated rings. The lowest BCUT2D eigenvalue weighted by molar-refractivity contribution is 1.14. The fourth-order valence-electron chi connectivity index (χ4n) is 0.915. The minimum absolute atomic E-state index is 0.720. The standard InChI is InChI=1S/C7H11N3/c1-5-3-6(2)9-7(4-5)10-8/h3-4H,8H2,1-2H3,(H,9,10). The number of hydrazine groups is 1. The highest BCUT2D eigenvalue weighted by molar-refractivity contribution is 5.37. The number of pyridine rings is 1. The molecular formula is C7H11N3. The van der Waals surface area contributed by atoms with E-state index in [0.717, 1.165) is 11.5 Å². The predicted octanol–water partition coefficient (Wildman–Crippen LogP) is 0.984. The Balaban J connectivity index is 3.06. The van der Waals surface area contributed by atoms with Crippen molar-refractivity contribution >= 4 is 5.82 Å². The Morgan fingerprint density at radius 2 is 2.10 bits per heavy atom. The molecule has 10 heavy (non-hydrogen) atoms. The number of nitrogen functional groups attached to an aromatic ring is 1. The number of nitrogens with two attached hydrogens (primary N) is 1. The third kappa shape index (κ3) is 1.45. The third-order valence-corrected chi connectivity index (χ3v) is 1.25. The Kier molecular flexibility index (Phi) is 1.87. The van der Waals surface area contributed by atoms with E-state index >= 15 is 0 Å². The van der Waals surface area contributed by atoms with Crippen LogP contribution >= 0.6 is 0 Å². The molecule has 0 aliphatic rings. The molecule has 54 valence electrons. The maximum absolute atomic E-state index is 5.18. The van der Waals surface area contributed by atoms with E-state index in [0.29, 0.717) is 0 Å². The van der Waals surface area contributed by atoms with Gasteiger partial charge in [0.2, 0.25) is 0 Å². The zero-order valence-electron chi connectivity index (χ0n) is 6.18. The zero-order chi connectivity index (χ0) is 7.56. The van der Waals surface area contributed by atoms with Crippen molar-refractivity contribution in [3.63, 3.8) is 0 Å². The van der Waals surface area contributed by atoms with Gasteiger partial charge in [0.05, 0.1) is 0 Å². The topological polar surface area (TPSA) is 50.9 Å². The molecule has 0 aliphatic heterocycles. The second-order valence-corrected chi connectivity index (χ2v) is 2.32. The summed E-state index contributed by atoms with van der Waals surface area (Å²) in [7, 11) is 0. The summed E-state index contributed by atoms with van der Waals surface area (Å²) in [5, 5.41) is 0. The highest BCUT2D eigenvalue weighted by Crippen LogP contribution is 2.06. The van der Waals surface area contributed by atoms with Gasteiger partial charge in [-0.05, 0) is 31.5 Å². The van der Waals surface area contributed by atoms with Crippen LogP contribution < -0.4 is 11.3 Å². The minimum atomic E-state index is 0.720. The molecule has 1 aromatic rings. The van der Waals surface area contributed by atoms with Crippen molar-refractivity contribution in [2.75, 3.05) is 5.43 Å². The summed E-state index contributed by atoms with van der Waals surface area (Å²) in [5.74, 6) is 5.90. The molecule has 0 radical (unpaired) electrons. The van der Waals surface area contributed by atoms with Gasteiger partial charge in [-0.1, -0.05) is 0 Å². The first-order valence-corrected chi connectivity index (χ1v) is 3.14. The van der Waals surface area contributed by atoms with E-state index in [1.165, 1.54) is 5.56 Å². The van der Waals surface area contributed by atoms with E-state index in [9.17, 15) is 0 Å². The maximum atomic E-state index is 5.18. The lowest BCUT2D eigenvalue weighted by Gasteiger charge is -2.00. The Labute approximate surface area is 60.2 Å². The molecule has 3 heteroatoms. The first-order chi connectivity index (χ1) is 4.72. The summed E-state index contributed by atoms with van der Waals surface area (Å²) in [4.78, 5) is 4.12. The van der Waals surface area contributed by atoms with Crippen LogP contribution in [-0.4, -0.2) is 4.98 Å². The average Bonchev–Trinajstić information content (AvgIpc) is 1.85. The number of rotatable bonds is 1. The van der Waals surface area contributed by atoms with Gasteiger partial charge in [0.15, 0.2) is 0 Å². The van der Waals surface area contributed by atoms with Crippen LogP contribution in [0.4, 0.5) is 5.82 Å². The third-order valence-electron chi connectivity index (χ3n) is 1.25. The van der Waals surface area contributed by atoms with E-state index in [1.54, 1.807) is 0 Å². The van der Waals surface area contributed by atoms with Crippen molar-refractivity contribution < 1.29 is 0 Å². The first-order valence-electron chi connectivity index (χ1n) is 3.14. The summed E-state index contributed by atoms with van der Waals surface area (Å²) in [6.45, 7) is 3.95. The van der Waals surface area contributed by atoms with Crippen LogP contribution in [0, 0.1) is 13.8 Å². The first kappa shape index (κ1) is 7.02. The molecule has 0 atom stereocenters. The van der Waals surface area contributed by atoms with E-state index in [4.69, 9.17) is 5.84 Å². The number of hydrogen-bond donors (Lipinski definition) is 2. The molecule has 1 rings (SSSR count). The van der Waals surface area contributed by atoms with Gasteiger partial charge in [0, 0.05) is 5.69 Å². The van der Waals surface area contributed by atoms with E-state index in [-0.39, 0.29) is 0 Å². The monoisotopic (exact) mass is 137 g/mol. The van der Waals surface area contributed by atoms with Gasteiger partial charge in [-0.15, -0.1) is 0 Å². The Morgan fingerprint density at radius 1 is 1.40 bits per heavy atom. The number of aryl methyl sites for hydroxylation is 2. The maximum Gasteiger partial charge on any atom is 0.140 e. The smallest absolute Gasteiger partial charge is 0.140 e. The zero-order valence-corrected chi connectivity index (χ0v) is 6.18. The fraction of sp³-hybridized carbons (Fsp3) is 0.286. The molecule has 1 aromatic heterocycles. The summed E-state index contributed by atoms with van der Waals surface area (Å²) in [6.07, 6.45) is 0. The number of nitrogens with one attached hydrogen (secondary N) is 1. The van der Waals surface area contributed by atoms with Crippen molar-refractivity contribution in [1.29, 1.82) is 0 Å². The fourth-order valence-corrected chi connectivity index (χ4v) is 0.915. The van der Waals surface area contributed by atoms with Crippen LogP contribution in [0.1, 0.15) is 11.3 Å². The van der Waals surface area contributed by atoms with Crippen LogP contribution in [0.15, 0.2) is 12.1 Å².